The standard InChI is InChI=1S/C24H22ClFN2O3/c1-15-4-3-5-16(12-15)6-11-23(29)27-18-8-10-22(31-2)21(14-18)28-24(30)19-9-7-17(25)13-20(19)26/h3-5,7-10,12-14H,6,11H2,1-2H3,(H,27,29)(H,28,30). The molecule has 2 amide bonds. The van der Waals surface area contributed by atoms with Crippen LogP contribution in [0.25, 0.3) is 0 Å². The molecule has 0 saturated carbocycles. The maximum absolute atomic E-state index is 14.1. The quantitative estimate of drug-likeness (QED) is 0.501. The smallest absolute Gasteiger partial charge is 0.258 e. The second-order valence-electron chi connectivity index (χ2n) is 7.03. The van der Waals surface area contributed by atoms with Crippen molar-refractivity contribution in [1.29, 1.82) is 0 Å². The van der Waals surface area contributed by atoms with E-state index in [9.17, 15) is 14.0 Å². The van der Waals surface area contributed by atoms with Gasteiger partial charge in [0.1, 0.15) is 11.6 Å². The summed E-state index contributed by atoms with van der Waals surface area (Å²) < 4.78 is 19.3. The van der Waals surface area contributed by atoms with Gasteiger partial charge in [-0.05, 0) is 55.3 Å². The van der Waals surface area contributed by atoms with Gasteiger partial charge in [0.15, 0.2) is 0 Å². The van der Waals surface area contributed by atoms with Crippen LogP contribution in [0.4, 0.5) is 15.8 Å². The normalized spacial score (nSPS) is 10.5. The molecule has 7 heteroatoms. The Balaban J connectivity index is 1.69. The van der Waals surface area contributed by atoms with Crippen molar-refractivity contribution in [3.63, 3.8) is 0 Å². The van der Waals surface area contributed by atoms with Crippen LogP contribution in [-0.4, -0.2) is 18.9 Å². The summed E-state index contributed by atoms with van der Waals surface area (Å²) in [5.74, 6) is -1.17. The van der Waals surface area contributed by atoms with E-state index in [1.807, 2.05) is 31.2 Å². The van der Waals surface area contributed by atoms with E-state index in [0.717, 1.165) is 17.2 Å². The average Bonchev–Trinajstić information content (AvgIpc) is 2.72. The first-order valence-electron chi connectivity index (χ1n) is 9.65. The molecule has 0 radical (unpaired) electrons. The van der Waals surface area contributed by atoms with Gasteiger partial charge in [0, 0.05) is 17.1 Å². The zero-order valence-electron chi connectivity index (χ0n) is 17.2. The van der Waals surface area contributed by atoms with Gasteiger partial charge in [-0.25, -0.2) is 4.39 Å². The predicted octanol–water partition coefficient (Wildman–Crippen LogP) is 5.62. The van der Waals surface area contributed by atoms with Crippen LogP contribution < -0.4 is 15.4 Å². The van der Waals surface area contributed by atoms with Gasteiger partial charge in [0.25, 0.3) is 5.91 Å². The highest BCUT2D eigenvalue weighted by Gasteiger charge is 2.15. The fourth-order valence-corrected chi connectivity index (χ4v) is 3.25. The number of hydrogen-bond acceptors (Lipinski definition) is 3. The van der Waals surface area contributed by atoms with E-state index < -0.39 is 11.7 Å². The lowest BCUT2D eigenvalue weighted by Gasteiger charge is -2.13. The van der Waals surface area contributed by atoms with Crippen molar-refractivity contribution in [2.45, 2.75) is 19.8 Å². The fraction of sp³-hybridized carbons (Fsp3) is 0.167. The van der Waals surface area contributed by atoms with Crippen molar-refractivity contribution in [3.8, 4) is 5.75 Å². The van der Waals surface area contributed by atoms with Crippen LogP contribution in [0.5, 0.6) is 5.75 Å². The van der Waals surface area contributed by atoms with Gasteiger partial charge in [-0.15, -0.1) is 0 Å². The summed E-state index contributed by atoms with van der Waals surface area (Å²) in [6, 6.07) is 16.6. The van der Waals surface area contributed by atoms with Crippen molar-refractivity contribution in [2.24, 2.45) is 0 Å². The molecule has 0 aliphatic carbocycles. The Kier molecular flexibility index (Phi) is 7.26. The summed E-state index contributed by atoms with van der Waals surface area (Å²) in [5, 5.41) is 5.63. The van der Waals surface area contributed by atoms with Gasteiger partial charge >= 0.3 is 0 Å². The minimum absolute atomic E-state index is 0.154. The van der Waals surface area contributed by atoms with Crippen LogP contribution in [0.2, 0.25) is 5.02 Å². The van der Waals surface area contributed by atoms with Crippen LogP contribution in [0.1, 0.15) is 27.9 Å². The first-order chi connectivity index (χ1) is 14.9. The highest BCUT2D eigenvalue weighted by molar-refractivity contribution is 6.30. The van der Waals surface area contributed by atoms with Gasteiger partial charge in [-0.1, -0.05) is 41.4 Å². The number of aryl methyl sites for hydroxylation is 2. The van der Waals surface area contributed by atoms with Gasteiger partial charge in [-0.2, -0.15) is 0 Å². The topological polar surface area (TPSA) is 67.4 Å². The first-order valence-corrected chi connectivity index (χ1v) is 10.0. The number of amides is 2. The van der Waals surface area contributed by atoms with Gasteiger partial charge in [-0.3, -0.25) is 9.59 Å². The summed E-state index contributed by atoms with van der Waals surface area (Å²) in [4.78, 5) is 24.9. The number of rotatable bonds is 7. The van der Waals surface area contributed by atoms with E-state index in [0.29, 0.717) is 30.0 Å². The van der Waals surface area contributed by atoms with Crippen LogP contribution in [-0.2, 0) is 11.2 Å². The van der Waals surface area contributed by atoms with Gasteiger partial charge in [0.05, 0.1) is 18.4 Å². The number of anilines is 2. The van der Waals surface area contributed by atoms with Crippen molar-refractivity contribution < 1.29 is 18.7 Å². The molecular formula is C24H22ClFN2O3. The summed E-state index contributed by atoms with van der Waals surface area (Å²) in [5.41, 5.74) is 2.87. The maximum atomic E-state index is 14.1. The third-order valence-electron chi connectivity index (χ3n) is 4.63. The van der Waals surface area contributed by atoms with Gasteiger partial charge < -0.3 is 15.4 Å². The largest absolute Gasteiger partial charge is 0.495 e. The highest BCUT2D eigenvalue weighted by Crippen LogP contribution is 2.29. The lowest BCUT2D eigenvalue weighted by molar-refractivity contribution is -0.116. The number of nitrogens with one attached hydrogen (secondary N) is 2. The van der Waals surface area contributed by atoms with Crippen molar-refractivity contribution in [3.05, 3.63) is 88.2 Å². The zero-order chi connectivity index (χ0) is 22.4. The molecule has 3 aromatic carbocycles. The number of methoxy groups -OCH3 is 1. The lowest BCUT2D eigenvalue weighted by atomic mass is 10.1. The summed E-state index contributed by atoms with van der Waals surface area (Å²) in [6.07, 6.45) is 0.927. The molecule has 0 heterocycles. The molecule has 0 bridgehead atoms. The van der Waals surface area contributed by atoms with E-state index in [1.54, 1.807) is 18.2 Å². The van der Waals surface area contributed by atoms with Crippen LogP contribution in [0.15, 0.2) is 60.7 Å². The van der Waals surface area contributed by atoms with E-state index in [1.165, 1.54) is 19.2 Å². The maximum Gasteiger partial charge on any atom is 0.258 e. The van der Waals surface area contributed by atoms with E-state index >= 15 is 0 Å². The Labute approximate surface area is 185 Å². The summed E-state index contributed by atoms with van der Waals surface area (Å²) >= 11 is 5.74. The molecule has 0 fully saturated rings. The summed E-state index contributed by atoms with van der Waals surface area (Å²) in [7, 11) is 1.45. The third kappa shape index (κ3) is 6.06. The molecule has 0 aliphatic rings. The Bertz CT molecular complexity index is 1120. The van der Waals surface area contributed by atoms with E-state index in [2.05, 4.69) is 10.6 Å². The molecule has 0 aromatic heterocycles. The van der Waals surface area contributed by atoms with Crippen LogP contribution in [0.3, 0.4) is 0 Å². The molecule has 0 aliphatic heterocycles. The van der Waals surface area contributed by atoms with Crippen molar-refractivity contribution in [2.75, 3.05) is 17.7 Å². The van der Waals surface area contributed by atoms with Crippen molar-refractivity contribution in [1.82, 2.24) is 0 Å². The predicted molar refractivity (Wildman–Crippen MR) is 120 cm³/mol. The minimum atomic E-state index is -0.732. The number of benzene rings is 3. The molecule has 160 valence electrons. The zero-order valence-corrected chi connectivity index (χ0v) is 17.9. The van der Waals surface area contributed by atoms with Crippen LogP contribution in [0, 0.1) is 12.7 Å². The Hall–Kier alpha value is -3.38. The molecular weight excluding hydrogens is 419 g/mol. The SMILES string of the molecule is COc1ccc(NC(=O)CCc2cccc(C)c2)cc1NC(=O)c1ccc(Cl)cc1F. The van der Waals surface area contributed by atoms with Gasteiger partial charge in [0.2, 0.25) is 5.91 Å². The Morgan fingerprint density at radius 2 is 1.84 bits per heavy atom. The number of hydrogen-bond donors (Lipinski definition) is 2. The molecule has 0 atom stereocenters. The Morgan fingerprint density at radius 1 is 1.03 bits per heavy atom. The number of carbonyl (C=O) groups is 2. The lowest BCUT2D eigenvalue weighted by Crippen LogP contribution is -2.16. The number of halogens is 2. The van der Waals surface area contributed by atoms with Crippen LogP contribution >= 0.6 is 11.6 Å². The van der Waals surface area contributed by atoms with E-state index in [4.69, 9.17) is 16.3 Å². The molecule has 31 heavy (non-hydrogen) atoms. The Morgan fingerprint density at radius 3 is 2.55 bits per heavy atom. The first kappa shape index (κ1) is 22.3. The highest BCUT2D eigenvalue weighted by atomic mass is 35.5. The second-order valence-corrected chi connectivity index (χ2v) is 7.47. The summed E-state index contributed by atoms with van der Waals surface area (Å²) in [6.45, 7) is 2.01. The van der Waals surface area contributed by atoms with Crippen molar-refractivity contribution >= 4 is 34.8 Å². The molecule has 0 saturated heterocycles. The molecule has 0 spiro atoms. The van der Waals surface area contributed by atoms with E-state index in [-0.39, 0.29) is 16.5 Å². The molecule has 3 aromatic rings. The average molecular weight is 441 g/mol. The molecule has 0 unspecified atom stereocenters. The third-order valence-corrected chi connectivity index (χ3v) is 4.87. The molecule has 5 nitrogen and oxygen atoms in total. The fourth-order valence-electron chi connectivity index (χ4n) is 3.10. The molecule has 3 rings (SSSR count). The molecule has 2 N–H and O–H groups in total. The number of ether oxygens (including phenoxy) is 1. The second kappa shape index (κ2) is 10.1. The monoisotopic (exact) mass is 440 g/mol. The number of carbonyl (C=O) groups excluding carboxylic acids is 2. The minimum Gasteiger partial charge on any atom is -0.495 e.